The van der Waals surface area contributed by atoms with E-state index in [0.717, 1.165) is 4.47 Å². The lowest BCUT2D eigenvalue weighted by atomic mass is 10.2. The predicted octanol–water partition coefficient (Wildman–Crippen LogP) is 2.35. The van der Waals surface area contributed by atoms with Crippen molar-refractivity contribution in [3.63, 3.8) is 0 Å². The highest BCUT2D eigenvalue weighted by molar-refractivity contribution is 9.10. The van der Waals surface area contributed by atoms with Crippen LogP contribution in [0.15, 0.2) is 46.0 Å². The fourth-order valence-electron chi connectivity index (χ4n) is 1.44. The van der Waals surface area contributed by atoms with Crippen molar-refractivity contribution in [3.05, 3.63) is 46.7 Å². The van der Waals surface area contributed by atoms with Crippen molar-refractivity contribution in [2.45, 2.75) is 11.8 Å². The van der Waals surface area contributed by atoms with Crippen molar-refractivity contribution in [2.75, 3.05) is 4.72 Å². The Labute approximate surface area is 113 Å². The molecule has 0 radical (unpaired) electrons. The van der Waals surface area contributed by atoms with E-state index >= 15 is 0 Å². The molecule has 0 unspecified atom stereocenters. The molecule has 0 saturated carbocycles. The number of rotatable bonds is 3. The monoisotopic (exact) mass is 327 g/mol. The van der Waals surface area contributed by atoms with E-state index in [0.29, 0.717) is 5.56 Å². The summed E-state index contributed by atoms with van der Waals surface area (Å²) in [6.07, 6.45) is 2.94. The van der Waals surface area contributed by atoms with Gasteiger partial charge in [0.2, 0.25) is 5.95 Å². The van der Waals surface area contributed by atoms with E-state index in [1.807, 2.05) is 0 Å². The van der Waals surface area contributed by atoms with E-state index in [4.69, 9.17) is 0 Å². The molecule has 94 valence electrons. The molecule has 5 nitrogen and oxygen atoms in total. The quantitative estimate of drug-likeness (QED) is 0.939. The van der Waals surface area contributed by atoms with Crippen molar-refractivity contribution >= 4 is 31.9 Å². The summed E-state index contributed by atoms with van der Waals surface area (Å²) in [7, 11) is -3.66. The Balaban J connectivity index is 2.37. The lowest BCUT2D eigenvalue weighted by molar-refractivity contribution is 0.600. The summed E-state index contributed by atoms with van der Waals surface area (Å²) < 4.78 is 27.4. The Bertz CT molecular complexity index is 659. The third-order valence-corrected chi connectivity index (χ3v) is 4.20. The van der Waals surface area contributed by atoms with Crippen LogP contribution >= 0.6 is 15.9 Å². The van der Waals surface area contributed by atoms with Gasteiger partial charge < -0.3 is 0 Å². The van der Waals surface area contributed by atoms with E-state index in [2.05, 4.69) is 30.6 Å². The third kappa shape index (κ3) is 2.85. The minimum atomic E-state index is -3.66. The van der Waals surface area contributed by atoms with Gasteiger partial charge in [0.1, 0.15) is 0 Å². The highest BCUT2D eigenvalue weighted by Gasteiger charge is 2.17. The molecule has 1 aromatic heterocycles. The predicted molar refractivity (Wildman–Crippen MR) is 71.7 cm³/mol. The summed E-state index contributed by atoms with van der Waals surface area (Å²) >= 11 is 3.29. The normalized spacial score (nSPS) is 11.2. The van der Waals surface area contributed by atoms with Gasteiger partial charge in [-0.2, -0.15) is 0 Å². The summed E-state index contributed by atoms with van der Waals surface area (Å²) in [5, 5.41) is 0. The van der Waals surface area contributed by atoms with Crippen molar-refractivity contribution in [3.8, 4) is 0 Å². The van der Waals surface area contributed by atoms with Crippen LogP contribution in [0.1, 0.15) is 5.56 Å². The number of hydrogen-bond donors (Lipinski definition) is 1. The first-order valence-corrected chi connectivity index (χ1v) is 7.33. The standard InChI is InChI=1S/C11H10BrN3O2S/c1-8-7-9(12)3-4-10(8)18(16,17)15-11-13-5-2-6-14-11/h2-7H,1H3,(H,13,14,15). The van der Waals surface area contributed by atoms with Crippen molar-refractivity contribution < 1.29 is 8.42 Å². The molecule has 7 heteroatoms. The Hall–Kier alpha value is -1.47. The van der Waals surface area contributed by atoms with Gasteiger partial charge in [0, 0.05) is 16.9 Å². The SMILES string of the molecule is Cc1cc(Br)ccc1S(=O)(=O)Nc1ncccn1. The van der Waals surface area contributed by atoms with Gasteiger partial charge in [-0.25, -0.2) is 23.1 Å². The third-order valence-electron chi connectivity index (χ3n) is 2.22. The van der Waals surface area contributed by atoms with Gasteiger partial charge in [-0.15, -0.1) is 0 Å². The lowest BCUT2D eigenvalue weighted by Gasteiger charge is -2.08. The Kier molecular flexibility index (Phi) is 3.63. The fourth-order valence-corrected chi connectivity index (χ4v) is 3.10. The number of nitrogens with zero attached hydrogens (tertiary/aromatic N) is 2. The lowest BCUT2D eigenvalue weighted by Crippen LogP contribution is -2.15. The number of aryl methyl sites for hydroxylation is 1. The molecular weight excluding hydrogens is 318 g/mol. The van der Waals surface area contributed by atoms with E-state index in [1.54, 1.807) is 25.1 Å². The molecule has 0 aliphatic rings. The maximum absolute atomic E-state index is 12.1. The van der Waals surface area contributed by atoms with Crippen molar-refractivity contribution in [2.24, 2.45) is 0 Å². The molecular formula is C11H10BrN3O2S. The molecule has 0 bridgehead atoms. The molecule has 0 fully saturated rings. The Morgan fingerprint density at radius 2 is 1.89 bits per heavy atom. The molecule has 2 rings (SSSR count). The molecule has 0 spiro atoms. The number of sulfonamides is 1. The van der Waals surface area contributed by atoms with E-state index in [9.17, 15) is 8.42 Å². The topological polar surface area (TPSA) is 72.0 Å². The van der Waals surface area contributed by atoms with Crippen LogP contribution in [0.4, 0.5) is 5.95 Å². The second-order valence-corrected chi connectivity index (χ2v) is 6.15. The molecule has 18 heavy (non-hydrogen) atoms. The first-order chi connectivity index (χ1) is 8.49. The average molecular weight is 328 g/mol. The minimum Gasteiger partial charge on any atom is -0.247 e. The molecule has 0 aliphatic heterocycles. The number of aromatic nitrogens is 2. The smallest absolute Gasteiger partial charge is 0.247 e. The number of hydrogen-bond acceptors (Lipinski definition) is 4. The van der Waals surface area contributed by atoms with Crippen LogP contribution in [0.2, 0.25) is 0 Å². The zero-order chi connectivity index (χ0) is 13.2. The largest absolute Gasteiger partial charge is 0.264 e. The second-order valence-electron chi connectivity index (χ2n) is 3.59. The number of halogens is 1. The van der Waals surface area contributed by atoms with Gasteiger partial charge in [0.25, 0.3) is 10.0 Å². The van der Waals surface area contributed by atoms with Crippen LogP contribution in [0.25, 0.3) is 0 Å². The van der Waals surface area contributed by atoms with Gasteiger partial charge in [-0.05, 0) is 36.8 Å². The van der Waals surface area contributed by atoms with Crippen LogP contribution in [0.3, 0.4) is 0 Å². The zero-order valence-electron chi connectivity index (χ0n) is 9.46. The first kappa shape index (κ1) is 13.0. The van der Waals surface area contributed by atoms with Crippen LogP contribution < -0.4 is 4.72 Å². The summed E-state index contributed by atoms with van der Waals surface area (Å²) in [5.74, 6) is 0.0554. The van der Waals surface area contributed by atoms with E-state index in [-0.39, 0.29) is 10.8 Å². The van der Waals surface area contributed by atoms with Crippen molar-refractivity contribution in [1.29, 1.82) is 0 Å². The fraction of sp³-hybridized carbons (Fsp3) is 0.0909. The molecule has 0 atom stereocenters. The highest BCUT2D eigenvalue weighted by atomic mass is 79.9. The molecule has 0 aliphatic carbocycles. The number of benzene rings is 1. The number of anilines is 1. The van der Waals surface area contributed by atoms with E-state index in [1.165, 1.54) is 18.5 Å². The van der Waals surface area contributed by atoms with Crippen LogP contribution in [0, 0.1) is 6.92 Å². The maximum atomic E-state index is 12.1. The molecule has 1 heterocycles. The van der Waals surface area contributed by atoms with Gasteiger partial charge >= 0.3 is 0 Å². The van der Waals surface area contributed by atoms with Crippen LogP contribution in [-0.4, -0.2) is 18.4 Å². The van der Waals surface area contributed by atoms with Gasteiger partial charge in [0.15, 0.2) is 0 Å². The van der Waals surface area contributed by atoms with Gasteiger partial charge in [0.05, 0.1) is 4.90 Å². The van der Waals surface area contributed by atoms with Crippen LogP contribution in [0.5, 0.6) is 0 Å². The van der Waals surface area contributed by atoms with Gasteiger partial charge in [-0.1, -0.05) is 15.9 Å². The first-order valence-electron chi connectivity index (χ1n) is 5.05. The van der Waals surface area contributed by atoms with Crippen molar-refractivity contribution in [1.82, 2.24) is 9.97 Å². The molecule has 2 aromatic rings. The number of nitrogens with one attached hydrogen (secondary N) is 1. The summed E-state index contributed by atoms with van der Waals surface area (Å²) in [4.78, 5) is 7.86. The summed E-state index contributed by atoms with van der Waals surface area (Å²) in [5.41, 5.74) is 0.646. The second kappa shape index (κ2) is 5.03. The summed E-state index contributed by atoms with van der Waals surface area (Å²) in [6.45, 7) is 1.73. The maximum Gasteiger partial charge on any atom is 0.264 e. The molecule has 0 amide bonds. The van der Waals surface area contributed by atoms with Gasteiger partial charge in [-0.3, -0.25) is 0 Å². The van der Waals surface area contributed by atoms with Crippen LogP contribution in [-0.2, 0) is 10.0 Å². The Morgan fingerprint density at radius 1 is 1.22 bits per heavy atom. The minimum absolute atomic E-state index is 0.0554. The highest BCUT2D eigenvalue weighted by Crippen LogP contribution is 2.21. The average Bonchev–Trinajstić information content (AvgIpc) is 2.29. The molecule has 0 saturated heterocycles. The summed E-state index contributed by atoms with van der Waals surface area (Å²) in [6, 6.07) is 6.56. The van der Waals surface area contributed by atoms with E-state index < -0.39 is 10.0 Å². The molecule has 1 aromatic carbocycles. The Morgan fingerprint density at radius 3 is 2.50 bits per heavy atom. The molecule has 1 N–H and O–H groups in total. The zero-order valence-corrected chi connectivity index (χ0v) is 11.9.